The highest BCUT2D eigenvalue weighted by Gasteiger charge is 2.26. The molecule has 0 atom stereocenters. The van der Waals surface area contributed by atoms with Gasteiger partial charge in [-0.2, -0.15) is 0 Å². The Labute approximate surface area is 108 Å². The summed E-state index contributed by atoms with van der Waals surface area (Å²) in [5.41, 5.74) is 0. The van der Waals surface area contributed by atoms with Gasteiger partial charge in [-0.3, -0.25) is 0 Å². The average Bonchev–Trinajstić information content (AvgIpc) is 2.39. The molecule has 3 heterocycles. The first-order chi connectivity index (χ1) is 8.86. The lowest BCUT2D eigenvalue weighted by Crippen LogP contribution is -2.57. The Kier molecular flexibility index (Phi) is 3.32. The summed E-state index contributed by atoms with van der Waals surface area (Å²) in [5, 5.41) is 3.28. The molecule has 2 saturated heterocycles. The molecule has 5 heteroatoms. The molecule has 5 nitrogen and oxygen atoms in total. The molecule has 0 aliphatic carbocycles. The van der Waals surface area contributed by atoms with Gasteiger partial charge in [0, 0.05) is 38.3 Å². The number of hydrogen-bond donors (Lipinski definition) is 1. The predicted octanol–water partition coefficient (Wildman–Crippen LogP) is 0.875. The van der Waals surface area contributed by atoms with Crippen LogP contribution < -0.4 is 15.1 Å². The lowest BCUT2D eigenvalue weighted by Gasteiger charge is -2.40. The van der Waals surface area contributed by atoms with Crippen molar-refractivity contribution < 1.29 is 0 Å². The third-order valence-corrected chi connectivity index (χ3v) is 3.93. The van der Waals surface area contributed by atoms with Crippen molar-refractivity contribution in [2.24, 2.45) is 0 Å². The lowest BCUT2D eigenvalue weighted by atomic mass is 10.1. The molecule has 0 aromatic carbocycles. The van der Waals surface area contributed by atoms with Crippen LogP contribution in [0.15, 0.2) is 12.4 Å². The van der Waals surface area contributed by atoms with Crippen LogP contribution in [-0.2, 0) is 0 Å². The highest BCUT2D eigenvalue weighted by molar-refractivity contribution is 5.52. The second kappa shape index (κ2) is 5.10. The van der Waals surface area contributed by atoms with Gasteiger partial charge in [-0.1, -0.05) is 0 Å². The fourth-order valence-electron chi connectivity index (χ4n) is 2.65. The number of nitrogens with zero attached hydrogens (tertiary/aromatic N) is 4. The Bertz CT molecular complexity index is 396. The van der Waals surface area contributed by atoms with Crippen LogP contribution in [0.5, 0.6) is 0 Å². The molecule has 3 rings (SSSR count). The Morgan fingerprint density at radius 1 is 1.06 bits per heavy atom. The fraction of sp³-hybridized carbons (Fsp3) is 0.692. The van der Waals surface area contributed by atoms with Gasteiger partial charge in [0.1, 0.15) is 18.0 Å². The first-order valence-corrected chi connectivity index (χ1v) is 6.86. The number of aromatic nitrogens is 2. The van der Waals surface area contributed by atoms with E-state index in [-0.39, 0.29) is 0 Å². The van der Waals surface area contributed by atoms with Crippen molar-refractivity contribution in [2.45, 2.75) is 25.3 Å². The maximum Gasteiger partial charge on any atom is 0.134 e. The largest absolute Gasteiger partial charge is 0.356 e. The summed E-state index contributed by atoms with van der Waals surface area (Å²) < 4.78 is 0. The predicted molar refractivity (Wildman–Crippen MR) is 73.2 cm³/mol. The SMILES string of the molecule is CNC1CN(c2cc(N3CCCCC3)ncn2)C1. The van der Waals surface area contributed by atoms with Gasteiger partial charge in [0.15, 0.2) is 0 Å². The number of anilines is 2. The third-order valence-electron chi connectivity index (χ3n) is 3.93. The van der Waals surface area contributed by atoms with Gasteiger partial charge in [0.05, 0.1) is 0 Å². The molecule has 0 saturated carbocycles. The van der Waals surface area contributed by atoms with E-state index >= 15 is 0 Å². The number of rotatable bonds is 3. The van der Waals surface area contributed by atoms with Gasteiger partial charge in [0.25, 0.3) is 0 Å². The summed E-state index contributed by atoms with van der Waals surface area (Å²) in [7, 11) is 2.02. The van der Waals surface area contributed by atoms with Crippen molar-refractivity contribution in [3.05, 3.63) is 12.4 Å². The van der Waals surface area contributed by atoms with Crippen molar-refractivity contribution in [2.75, 3.05) is 43.0 Å². The first kappa shape index (κ1) is 11.7. The zero-order valence-corrected chi connectivity index (χ0v) is 11.0. The number of piperidine rings is 1. The van der Waals surface area contributed by atoms with E-state index in [1.807, 2.05) is 7.05 Å². The summed E-state index contributed by atoms with van der Waals surface area (Å²) in [6.45, 7) is 4.37. The maximum absolute atomic E-state index is 4.42. The molecule has 2 aliphatic rings. The van der Waals surface area contributed by atoms with Gasteiger partial charge >= 0.3 is 0 Å². The van der Waals surface area contributed by atoms with Crippen LogP contribution in [0, 0.1) is 0 Å². The first-order valence-electron chi connectivity index (χ1n) is 6.86. The van der Waals surface area contributed by atoms with Crippen LogP contribution in [0.25, 0.3) is 0 Å². The number of nitrogens with one attached hydrogen (secondary N) is 1. The average molecular weight is 247 g/mol. The monoisotopic (exact) mass is 247 g/mol. The molecule has 0 unspecified atom stereocenters. The van der Waals surface area contributed by atoms with E-state index in [2.05, 4.69) is 31.2 Å². The molecule has 18 heavy (non-hydrogen) atoms. The van der Waals surface area contributed by atoms with E-state index < -0.39 is 0 Å². The lowest BCUT2D eigenvalue weighted by molar-refractivity contribution is 0.447. The summed E-state index contributed by atoms with van der Waals surface area (Å²) in [6.07, 6.45) is 5.62. The Morgan fingerprint density at radius 2 is 1.72 bits per heavy atom. The van der Waals surface area contributed by atoms with Gasteiger partial charge in [0.2, 0.25) is 0 Å². The van der Waals surface area contributed by atoms with Crippen molar-refractivity contribution >= 4 is 11.6 Å². The number of hydrogen-bond acceptors (Lipinski definition) is 5. The summed E-state index contributed by atoms with van der Waals surface area (Å²) in [5.74, 6) is 2.16. The Balaban J connectivity index is 1.69. The summed E-state index contributed by atoms with van der Waals surface area (Å²) in [6, 6.07) is 2.75. The highest BCUT2D eigenvalue weighted by Crippen LogP contribution is 2.23. The zero-order chi connectivity index (χ0) is 12.4. The quantitative estimate of drug-likeness (QED) is 0.859. The molecule has 0 bridgehead atoms. The van der Waals surface area contributed by atoms with Crippen molar-refractivity contribution in [3.8, 4) is 0 Å². The molecule has 2 aliphatic heterocycles. The van der Waals surface area contributed by atoms with Crippen LogP contribution in [0.2, 0.25) is 0 Å². The smallest absolute Gasteiger partial charge is 0.134 e. The maximum atomic E-state index is 4.42. The minimum Gasteiger partial charge on any atom is -0.356 e. The molecule has 98 valence electrons. The molecule has 0 radical (unpaired) electrons. The molecular formula is C13H21N5. The van der Waals surface area contributed by atoms with E-state index in [0.717, 1.165) is 37.8 Å². The minimum absolute atomic E-state index is 0.610. The molecule has 1 aromatic rings. The van der Waals surface area contributed by atoms with E-state index in [9.17, 15) is 0 Å². The van der Waals surface area contributed by atoms with Crippen LogP contribution in [0.1, 0.15) is 19.3 Å². The van der Waals surface area contributed by atoms with Crippen LogP contribution in [0.3, 0.4) is 0 Å². The van der Waals surface area contributed by atoms with Crippen LogP contribution in [-0.4, -0.2) is 49.2 Å². The topological polar surface area (TPSA) is 44.3 Å². The van der Waals surface area contributed by atoms with Crippen LogP contribution in [0.4, 0.5) is 11.6 Å². The second-order valence-corrected chi connectivity index (χ2v) is 5.17. The summed E-state index contributed by atoms with van der Waals surface area (Å²) >= 11 is 0. The van der Waals surface area contributed by atoms with Gasteiger partial charge < -0.3 is 15.1 Å². The normalized spacial score (nSPS) is 20.9. The van der Waals surface area contributed by atoms with E-state index in [0.29, 0.717) is 6.04 Å². The second-order valence-electron chi connectivity index (χ2n) is 5.17. The molecule has 1 aromatic heterocycles. The van der Waals surface area contributed by atoms with Crippen molar-refractivity contribution in [3.63, 3.8) is 0 Å². The zero-order valence-electron chi connectivity index (χ0n) is 11.0. The van der Waals surface area contributed by atoms with Crippen LogP contribution >= 0.6 is 0 Å². The van der Waals surface area contributed by atoms with Crippen molar-refractivity contribution in [1.82, 2.24) is 15.3 Å². The Morgan fingerprint density at radius 3 is 2.39 bits per heavy atom. The Hall–Kier alpha value is -1.36. The van der Waals surface area contributed by atoms with Crippen molar-refractivity contribution in [1.29, 1.82) is 0 Å². The standard InChI is InChI=1S/C13H21N5/c1-14-11-8-18(9-11)13-7-12(15-10-16-13)17-5-3-2-4-6-17/h7,10-11,14H,2-6,8-9H2,1H3. The minimum atomic E-state index is 0.610. The van der Waals surface area contributed by atoms with E-state index in [1.54, 1.807) is 6.33 Å². The van der Waals surface area contributed by atoms with Gasteiger partial charge in [-0.15, -0.1) is 0 Å². The highest BCUT2D eigenvalue weighted by atomic mass is 15.3. The number of likely N-dealkylation sites (N-methyl/N-ethyl adjacent to an activating group) is 1. The molecular weight excluding hydrogens is 226 g/mol. The van der Waals surface area contributed by atoms with Gasteiger partial charge in [-0.05, 0) is 26.3 Å². The van der Waals surface area contributed by atoms with E-state index in [4.69, 9.17) is 0 Å². The molecule has 0 spiro atoms. The molecule has 2 fully saturated rings. The van der Waals surface area contributed by atoms with E-state index in [1.165, 1.54) is 19.3 Å². The summed E-state index contributed by atoms with van der Waals surface area (Å²) in [4.78, 5) is 13.5. The fourth-order valence-corrected chi connectivity index (χ4v) is 2.65. The van der Waals surface area contributed by atoms with Gasteiger partial charge in [-0.25, -0.2) is 9.97 Å². The third kappa shape index (κ3) is 2.27. The molecule has 1 N–H and O–H groups in total. The molecule has 0 amide bonds.